The minimum absolute atomic E-state index is 0. The van der Waals surface area contributed by atoms with Crippen LogP contribution in [0.5, 0.6) is 5.75 Å². The highest BCUT2D eigenvalue weighted by molar-refractivity contribution is 7.91. The van der Waals surface area contributed by atoms with Crippen molar-refractivity contribution in [2.24, 2.45) is 0 Å². The maximum absolute atomic E-state index is 13.5. The molecule has 6 nitrogen and oxygen atoms in total. The van der Waals surface area contributed by atoms with E-state index in [1.807, 2.05) is 36.4 Å². The second-order valence-corrected chi connectivity index (χ2v) is 9.15. The molecular formula is C23H26ClN3O3S. The van der Waals surface area contributed by atoms with Crippen molar-refractivity contribution in [2.45, 2.75) is 23.3 Å². The van der Waals surface area contributed by atoms with Gasteiger partial charge in [-0.15, -0.1) is 12.4 Å². The Balaban J connectivity index is 0.00000272. The van der Waals surface area contributed by atoms with Crippen LogP contribution in [0.1, 0.15) is 13.3 Å². The van der Waals surface area contributed by atoms with Crippen LogP contribution in [0.25, 0.3) is 21.7 Å². The molecule has 1 N–H and O–H groups in total. The van der Waals surface area contributed by atoms with Gasteiger partial charge >= 0.3 is 0 Å². The van der Waals surface area contributed by atoms with Crippen LogP contribution in [-0.4, -0.2) is 50.3 Å². The van der Waals surface area contributed by atoms with Gasteiger partial charge in [-0.3, -0.25) is 5.10 Å². The largest absolute Gasteiger partial charge is 0.494 e. The molecule has 0 aliphatic heterocycles. The number of fused-ring (bicyclic) bond motifs is 2. The second kappa shape index (κ2) is 9.68. The molecule has 0 saturated heterocycles. The number of hydrogen-bond donors (Lipinski definition) is 1. The van der Waals surface area contributed by atoms with Gasteiger partial charge in [0.1, 0.15) is 5.75 Å². The van der Waals surface area contributed by atoms with Crippen LogP contribution in [-0.2, 0) is 9.84 Å². The summed E-state index contributed by atoms with van der Waals surface area (Å²) in [6.07, 6.45) is 0.898. The summed E-state index contributed by atoms with van der Waals surface area (Å²) in [5, 5.41) is 9.09. The standard InChI is InChI=1S/C23H25N3O3S.ClH/c1-3-26(2)14-7-15-29-18-12-13-21-20(16-18)23(25-24-21)30(27,28)22-11-6-9-17-8-4-5-10-19(17)22;/h4-6,8-13,16H,3,7,14-15H2,1-2H3,(H,24,25);1H. The number of aromatic amines is 1. The molecule has 0 aliphatic carbocycles. The summed E-state index contributed by atoms with van der Waals surface area (Å²) < 4.78 is 32.8. The van der Waals surface area contributed by atoms with E-state index in [1.165, 1.54) is 0 Å². The van der Waals surface area contributed by atoms with Gasteiger partial charge in [0.15, 0.2) is 5.03 Å². The quantitative estimate of drug-likeness (QED) is 0.387. The molecule has 1 heterocycles. The number of rotatable bonds is 8. The van der Waals surface area contributed by atoms with E-state index in [2.05, 4.69) is 29.1 Å². The van der Waals surface area contributed by atoms with Gasteiger partial charge in [0, 0.05) is 17.3 Å². The lowest BCUT2D eigenvalue weighted by Gasteiger charge is -2.13. The maximum atomic E-state index is 13.5. The molecule has 0 aliphatic rings. The third-order valence-electron chi connectivity index (χ3n) is 5.29. The lowest BCUT2D eigenvalue weighted by atomic mass is 10.1. The monoisotopic (exact) mass is 459 g/mol. The first kappa shape index (κ1) is 23.1. The van der Waals surface area contributed by atoms with Crippen molar-refractivity contribution >= 4 is 43.9 Å². The molecule has 0 spiro atoms. The third-order valence-corrected chi connectivity index (χ3v) is 7.04. The summed E-state index contributed by atoms with van der Waals surface area (Å²) in [6.45, 7) is 4.63. The van der Waals surface area contributed by atoms with Gasteiger partial charge in [-0.05, 0) is 49.7 Å². The number of H-pyrrole nitrogens is 1. The normalized spacial score (nSPS) is 11.7. The number of hydrogen-bond acceptors (Lipinski definition) is 5. The predicted octanol–water partition coefficient (Wildman–Crippen LogP) is 4.69. The van der Waals surface area contributed by atoms with E-state index in [9.17, 15) is 8.42 Å². The number of aromatic nitrogens is 2. The van der Waals surface area contributed by atoms with E-state index in [0.717, 1.165) is 24.9 Å². The molecule has 164 valence electrons. The summed E-state index contributed by atoms with van der Waals surface area (Å²) in [5.74, 6) is 0.637. The Labute approximate surface area is 188 Å². The van der Waals surface area contributed by atoms with Crippen molar-refractivity contribution in [3.63, 3.8) is 0 Å². The van der Waals surface area contributed by atoms with Crippen LogP contribution in [0.15, 0.2) is 70.6 Å². The van der Waals surface area contributed by atoms with Crippen LogP contribution in [0.4, 0.5) is 0 Å². The van der Waals surface area contributed by atoms with E-state index in [-0.39, 0.29) is 22.3 Å². The Morgan fingerprint density at radius 1 is 1.03 bits per heavy atom. The van der Waals surface area contributed by atoms with E-state index < -0.39 is 9.84 Å². The van der Waals surface area contributed by atoms with Gasteiger partial charge in [-0.2, -0.15) is 5.10 Å². The average molecular weight is 460 g/mol. The van der Waals surface area contributed by atoms with Crippen LogP contribution in [0.2, 0.25) is 0 Å². The summed E-state index contributed by atoms with van der Waals surface area (Å²) in [7, 11) is -1.74. The number of ether oxygens (including phenoxy) is 1. The Bertz CT molecular complexity index is 1280. The van der Waals surface area contributed by atoms with Crippen molar-refractivity contribution in [2.75, 3.05) is 26.7 Å². The van der Waals surface area contributed by atoms with Crippen LogP contribution >= 0.6 is 12.4 Å². The number of nitrogens with one attached hydrogen (secondary N) is 1. The van der Waals surface area contributed by atoms with E-state index in [1.54, 1.807) is 24.3 Å². The van der Waals surface area contributed by atoms with Crippen LogP contribution in [0.3, 0.4) is 0 Å². The van der Waals surface area contributed by atoms with E-state index in [0.29, 0.717) is 28.6 Å². The average Bonchev–Trinajstić information content (AvgIpc) is 3.20. The van der Waals surface area contributed by atoms with Gasteiger partial charge in [0.25, 0.3) is 0 Å². The summed E-state index contributed by atoms with van der Waals surface area (Å²) in [5.41, 5.74) is 0.659. The molecule has 31 heavy (non-hydrogen) atoms. The molecular weight excluding hydrogens is 434 g/mol. The number of sulfone groups is 1. The zero-order chi connectivity index (χ0) is 21.1. The highest BCUT2D eigenvalue weighted by Crippen LogP contribution is 2.32. The van der Waals surface area contributed by atoms with Gasteiger partial charge in [-0.25, -0.2) is 8.42 Å². The van der Waals surface area contributed by atoms with Crippen LogP contribution in [0, 0.1) is 0 Å². The van der Waals surface area contributed by atoms with Crippen molar-refractivity contribution < 1.29 is 13.2 Å². The smallest absolute Gasteiger partial charge is 0.226 e. The van der Waals surface area contributed by atoms with E-state index in [4.69, 9.17) is 4.74 Å². The van der Waals surface area contributed by atoms with E-state index >= 15 is 0 Å². The summed E-state index contributed by atoms with van der Waals surface area (Å²) in [6, 6.07) is 18.1. The molecule has 0 atom stereocenters. The Morgan fingerprint density at radius 3 is 2.61 bits per heavy atom. The molecule has 8 heteroatoms. The molecule has 4 rings (SSSR count). The minimum atomic E-state index is -3.81. The molecule has 0 radical (unpaired) electrons. The Morgan fingerprint density at radius 2 is 1.81 bits per heavy atom. The number of benzene rings is 3. The molecule has 0 amide bonds. The molecule has 3 aromatic carbocycles. The maximum Gasteiger partial charge on any atom is 0.226 e. The number of halogens is 1. The zero-order valence-corrected chi connectivity index (χ0v) is 19.2. The fourth-order valence-electron chi connectivity index (χ4n) is 3.48. The molecule has 0 unspecified atom stereocenters. The fourth-order valence-corrected chi connectivity index (χ4v) is 5.05. The van der Waals surface area contributed by atoms with Gasteiger partial charge in [0.05, 0.1) is 17.0 Å². The first-order valence-corrected chi connectivity index (χ1v) is 11.5. The lowest BCUT2D eigenvalue weighted by Crippen LogP contribution is -2.20. The van der Waals surface area contributed by atoms with Gasteiger partial charge in [-0.1, -0.05) is 43.3 Å². The Hall–Kier alpha value is -2.61. The van der Waals surface area contributed by atoms with Crippen molar-refractivity contribution in [1.29, 1.82) is 0 Å². The summed E-state index contributed by atoms with van der Waals surface area (Å²) in [4.78, 5) is 2.47. The first-order chi connectivity index (χ1) is 14.5. The zero-order valence-electron chi connectivity index (χ0n) is 17.5. The SMILES string of the molecule is CCN(C)CCCOc1ccc2[nH]nc(S(=O)(=O)c3cccc4ccccc34)c2c1.Cl. The second-order valence-electron chi connectivity index (χ2n) is 7.31. The molecule has 1 aromatic heterocycles. The van der Waals surface area contributed by atoms with Gasteiger partial charge in [0.2, 0.25) is 9.84 Å². The van der Waals surface area contributed by atoms with Crippen molar-refractivity contribution in [3.8, 4) is 5.75 Å². The molecule has 0 bridgehead atoms. The predicted molar refractivity (Wildman–Crippen MR) is 126 cm³/mol. The fraction of sp³-hybridized carbons (Fsp3) is 0.261. The summed E-state index contributed by atoms with van der Waals surface area (Å²) >= 11 is 0. The van der Waals surface area contributed by atoms with Crippen LogP contribution < -0.4 is 4.74 Å². The number of nitrogens with zero attached hydrogens (tertiary/aromatic N) is 2. The Kier molecular flexibility index (Phi) is 7.20. The van der Waals surface area contributed by atoms with Crippen molar-refractivity contribution in [1.82, 2.24) is 15.1 Å². The minimum Gasteiger partial charge on any atom is -0.494 e. The highest BCUT2D eigenvalue weighted by Gasteiger charge is 2.25. The van der Waals surface area contributed by atoms with Crippen molar-refractivity contribution in [3.05, 3.63) is 60.7 Å². The van der Waals surface area contributed by atoms with Gasteiger partial charge < -0.3 is 9.64 Å². The third kappa shape index (κ3) is 4.69. The topological polar surface area (TPSA) is 75.3 Å². The lowest BCUT2D eigenvalue weighted by molar-refractivity contribution is 0.268. The highest BCUT2D eigenvalue weighted by atomic mass is 35.5. The molecule has 0 saturated carbocycles. The first-order valence-electron chi connectivity index (χ1n) is 10.0. The molecule has 0 fully saturated rings. The molecule has 4 aromatic rings.